The number of carbonyl (C=O) groups excluding carboxylic acids is 1. The van der Waals surface area contributed by atoms with Gasteiger partial charge in [-0.1, -0.05) is 50.7 Å². The summed E-state index contributed by atoms with van der Waals surface area (Å²) in [5, 5.41) is 2.11. The Bertz CT molecular complexity index is 679. The van der Waals surface area contributed by atoms with E-state index in [1.807, 2.05) is 0 Å². The van der Waals surface area contributed by atoms with Crippen LogP contribution in [-0.4, -0.2) is 17.7 Å². The van der Waals surface area contributed by atoms with E-state index in [4.69, 9.17) is 39.5 Å². The van der Waals surface area contributed by atoms with Crippen molar-refractivity contribution in [3.63, 3.8) is 0 Å². The molecule has 0 fully saturated rings. The molecule has 0 aromatic heterocycles. The van der Waals surface area contributed by atoms with Gasteiger partial charge in [0.15, 0.2) is 5.78 Å². The van der Waals surface area contributed by atoms with Crippen molar-refractivity contribution in [3.8, 4) is 5.75 Å². The summed E-state index contributed by atoms with van der Waals surface area (Å²) >= 11 is 21.7. The van der Waals surface area contributed by atoms with Crippen LogP contribution in [0.5, 0.6) is 5.75 Å². The van der Waals surface area contributed by atoms with Gasteiger partial charge in [0.2, 0.25) is 0 Å². The van der Waals surface area contributed by atoms with Gasteiger partial charge in [-0.2, -0.15) is 0 Å². The third-order valence-electron chi connectivity index (χ3n) is 3.40. The van der Waals surface area contributed by atoms with E-state index in [-0.39, 0.29) is 21.4 Å². The zero-order chi connectivity index (χ0) is 17.5. The fraction of sp³-hybridized carbons (Fsp3) is 0.278. The van der Waals surface area contributed by atoms with Gasteiger partial charge < -0.3 is 4.74 Å². The number of ether oxygens (including phenoxy) is 1. The van der Waals surface area contributed by atoms with Gasteiger partial charge in [0, 0.05) is 15.9 Å². The number of unbranched alkanes of at least 4 members (excludes halogenated alkanes) is 2. The molecule has 0 spiro atoms. The van der Waals surface area contributed by atoms with Crippen molar-refractivity contribution in [2.24, 2.45) is 0 Å². The maximum absolute atomic E-state index is 12.6. The molecule has 2 aromatic rings. The van der Waals surface area contributed by atoms with Gasteiger partial charge in [-0.3, -0.25) is 4.79 Å². The lowest BCUT2D eigenvalue weighted by atomic mass is 10.0. The molecule has 0 amide bonds. The number of carbonyl (C=O) groups is 1. The third-order valence-corrected chi connectivity index (χ3v) is 4.80. The standard InChI is InChI=1S/C18H16BrCl3O2/c19-8-2-1-3-9-24-14-10-15(21)17(16(22)11-14)18(23)12-4-6-13(20)7-5-12/h4-7,10-11H,1-3,8-9H2. The number of hydrogen-bond donors (Lipinski definition) is 0. The molecule has 128 valence electrons. The molecule has 0 unspecified atom stereocenters. The number of halogens is 4. The van der Waals surface area contributed by atoms with Gasteiger partial charge in [-0.15, -0.1) is 0 Å². The Balaban J connectivity index is 2.11. The highest BCUT2D eigenvalue weighted by Gasteiger charge is 2.18. The highest BCUT2D eigenvalue weighted by molar-refractivity contribution is 9.09. The van der Waals surface area contributed by atoms with Gasteiger partial charge in [0.1, 0.15) is 5.75 Å². The van der Waals surface area contributed by atoms with Crippen LogP contribution in [0.15, 0.2) is 36.4 Å². The first kappa shape index (κ1) is 19.6. The summed E-state index contributed by atoms with van der Waals surface area (Å²) in [6.45, 7) is 0.587. The zero-order valence-electron chi connectivity index (χ0n) is 12.8. The molecule has 24 heavy (non-hydrogen) atoms. The number of ketones is 1. The first-order chi connectivity index (χ1) is 11.5. The molecule has 0 saturated heterocycles. The molecule has 0 aliphatic rings. The van der Waals surface area contributed by atoms with Crippen LogP contribution in [0.3, 0.4) is 0 Å². The maximum Gasteiger partial charge on any atom is 0.196 e. The minimum Gasteiger partial charge on any atom is -0.493 e. The van der Waals surface area contributed by atoms with Gasteiger partial charge >= 0.3 is 0 Å². The summed E-state index contributed by atoms with van der Waals surface area (Å²) in [5.74, 6) is 0.321. The summed E-state index contributed by atoms with van der Waals surface area (Å²) in [5.41, 5.74) is 0.749. The quantitative estimate of drug-likeness (QED) is 0.251. The van der Waals surface area contributed by atoms with Crippen LogP contribution >= 0.6 is 50.7 Å². The van der Waals surface area contributed by atoms with Crippen LogP contribution in [0, 0.1) is 0 Å². The van der Waals surface area contributed by atoms with E-state index in [2.05, 4.69) is 15.9 Å². The zero-order valence-corrected chi connectivity index (χ0v) is 16.7. The Kier molecular flexibility index (Phi) is 7.89. The van der Waals surface area contributed by atoms with Crippen molar-refractivity contribution >= 4 is 56.5 Å². The highest BCUT2D eigenvalue weighted by Crippen LogP contribution is 2.32. The second-order valence-electron chi connectivity index (χ2n) is 5.20. The van der Waals surface area contributed by atoms with Gasteiger partial charge in [-0.05, 0) is 55.7 Å². The summed E-state index contributed by atoms with van der Waals surface area (Å²) in [7, 11) is 0. The second kappa shape index (κ2) is 9.67. The SMILES string of the molecule is O=C(c1ccc(Cl)cc1)c1c(Cl)cc(OCCCCCBr)cc1Cl. The fourth-order valence-corrected chi connectivity index (χ4v) is 3.32. The largest absolute Gasteiger partial charge is 0.493 e. The number of hydrogen-bond acceptors (Lipinski definition) is 2. The average molecular weight is 451 g/mol. The van der Waals surface area contributed by atoms with Crippen molar-refractivity contribution in [2.75, 3.05) is 11.9 Å². The minimum atomic E-state index is -0.245. The summed E-state index contributed by atoms with van der Waals surface area (Å²) < 4.78 is 5.66. The monoisotopic (exact) mass is 448 g/mol. The predicted octanol–water partition coefficient (Wildman–Crippen LogP) is 6.82. The molecule has 0 radical (unpaired) electrons. The molecule has 0 aliphatic heterocycles. The molecule has 2 nitrogen and oxygen atoms in total. The van der Waals surface area contributed by atoms with E-state index in [0.29, 0.717) is 22.9 Å². The van der Waals surface area contributed by atoms with E-state index < -0.39 is 0 Å². The fourth-order valence-electron chi connectivity index (χ4n) is 2.16. The van der Waals surface area contributed by atoms with Crippen LogP contribution < -0.4 is 4.74 Å². The van der Waals surface area contributed by atoms with E-state index in [1.165, 1.54) is 0 Å². The molecule has 0 N–H and O–H groups in total. The van der Waals surface area contributed by atoms with Crippen LogP contribution in [0.25, 0.3) is 0 Å². The van der Waals surface area contributed by atoms with Gasteiger partial charge in [0.05, 0.1) is 22.2 Å². The van der Waals surface area contributed by atoms with Crippen LogP contribution in [0.1, 0.15) is 35.2 Å². The number of benzene rings is 2. The van der Waals surface area contributed by atoms with Crippen molar-refractivity contribution < 1.29 is 9.53 Å². The van der Waals surface area contributed by atoms with Crippen LogP contribution in [0.2, 0.25) is 15.1 Å². The Morgan fingerprint density at radius 3 is 2.17 bits per heavy atom. The molecule has 0 atom stereocenters. The van der Waals surface area contributed by atoms with E-state index in [0.717, 1.165) is 24.6 Å². The van der Waals surface area contributed by atoms with Gasteiger partial charge in [0.25, 0.3) is 0 Å². The van der Waals surface area contributed by atoms with Crippen molar-refractivity contribution in [1.29, 1.82) is 0 Å². The topological polar surface area (TPSA) is 26.3 Å². The first-order valence-electron chi connectivity index (χ1n) is 7.51. The molecule has 6 heteroatoms. The van der Waals surface area contributed by atoms with E-state index >= 15 is 0 Å². The molecular weight excluding hydrogens is 434 g/mol. The third kappa shape index (κ3) is 5.38. The Morgan fingerprint density at radius 2 is 1.58 bits per heavy atom. The summed E-state index contributed by atoms with van der Waals surface area (Å²) in [4.78, 5) is 12.6. The first-order valence-corrected chi connectivity index (χ1v) is 9.76. The molecule has 0 heterocycles. The Labute approximate surface area is 165 Å². The number of rotatable bonds is 8. The lowest BCUT2D eigenvalue weighted by Crippen LogP contribution is -2.04. The van der Waals surface area contributed by atoms with Crippen LogP contribution in [-0.2, 0) is 0 Å². The minimum absolute atomic E-state index is 0.245. The van der Waals surface area contributed by atoms with E-state index in [1.54, 1.807) is 36.4 Å². The van der Waals surface area contributed by atoms with Crippen molar-refractivity contribution in [1.82, 2.24) is 0 Å². The molecule has 0 aliphatic carbocycles. The number of alkyl halides is 1. The maximum atomic E-state index is 12.6. The molecule has 2 aromatic carbocycles. The van der Waals surface area contributed by atoms with Gasteiger partial charge in [-0.25, -0.2) is 0 Å². The molecule has 0 saturated carbocycles. The second-order valence-corrected chi connectivity index (χ2v) is 7.24. The van der Waals surface area contributed by atoms with Crippen molar-refractivity contribution in [3.05, 3.63) is 62.6 Å². The predicted molar refractivity (Wildman–Crippen MR) is 104 cm³/mol. The average Bonchev–Trinajstić information content (AvgIpc) is 2.54. The summed E-state index contributed by atoms with van der Waals surface area (Å²) in [6.07, 6.45) is 3.14. The highest BCUT2D eigenvalue weighted by atomic mass is 79.9. The Morgan fingerprint density at radius 1 is 0.958 bits per heavy atom. The van der Waals surface area contributed by atoms with Crippen LogP contribution in [0.4, 0.5) is 0 Å². The smallest absolute Gasteiger partial charge is 0.196 e. The molecule has 2 rings (SSSR count). The normalized spacial score (nSPS) is 10.7. The summed E-state index contributed by atoms with van der Waals surface area (Å²) in [6, 6.07) is 9.85. The van der Waals surface area contributed by atoms with Crippen molar-refractivity contribution in [2.45, 2.75) is 19.3 Å². The lowest BCUT2D eigenvalue weighted by molar-refractivity contribution is 0.103. The molecular formula is C18H16BrCl3O2. The lowest BCUT2D eigenvalue weighted by Gasteiger charge is -2.11. The molecule has 0 bridgehead atoms. The van der Waals surface area contributed by atoms with E-state index in [9.17, 15) is 4.79 Å². The Hall–Kier alpha value is -0.740.